The highest BCUT2D eigenvalue weighted by molar-refractivity contribution is 6.31. The zero-order valence-electron chi connectivity index (χ0n) is 15.2. The maximum atomic E-state index is 12.2. The van der Waals surface area contributed by atoms with Crippen molar-refractivity contribution in [3.8, 4) is 11.5 Å². The van der Waals surface area contributed by atoms with E-state index in [1.165, 1.54) is 54.6 Å². The van der Waals surface area contributed by atoms with Crippen molar-refractivity contribution in [3.63, 3.8) is 0 Å². The smallest absolute Gasteiger partial charge is 0.338 e. The number of hydrogen-bond acceptors (Lipinski definition) is 6. The molecule has 0 unspecified atom stereocenters. The summed E-state index contributed by atoms with van der Waals surface area (Å²) in [7, 11) is 0. The topological polar surface area (TPSA) is 95.7 Å². The fourth-order valence-corrected chi connectivity index (χ4v) is 2.83. The van der Waals surface area contributed by atoms with E-state index in [9.17, 15) is 19.7 Å². The van der Waals surface area contributed by atoms with Crippen LogP contribution in [0.4, 0.5) is 5.69 Å². The van der Waals surface area contributed by atoms with Crippen molar-refractivity contribution in [2.24, 2.45) is 0 Å². The van der Waals surface area contributed by atoms with Crippen molar-refractivity contribution in [2.45, 2.75) is 0 Å². The molecule has 0 heterocycles. The number of carbonyl (C=O) groups is 2. The molecule has 0 aliphatic rings. The van der Waals surface area contributed by atoms with E-state index in [4.69, 9.17) is 32.7 Å². The standard InChI is InChI=1S/C21H13Cl2NO6/c22-15-3-1-2-14(10-15)21(26)29-12-19(25)13-4-7-17(8-5-13)30-20-9-6-16(23)11-18(20)24(27)28/h1-11H,12H2. The second kappa shape index (κ2) is 9.39. The van der Waals surface area contributed by atoms with Crippen LogP contribution in [0.3, 0.4) is 0 Å². The van der Waals surface area contributed by atoms with Gasteiger partial charge in [0.25, 0.3) is 0 Å². The minimum absolute atomic E-state index is 0.0129. The first-order chi connectivity index (χ1) is 14.3. The number of esters is 1. The Hall–Kier alpha value is -3.42. The largest absolute Gasteiger partial charge is 0.454 e. The molecule has 0 saturated heterocycles. The van der Waals surface area contributed by atoms with Crippen LogP contribution in [0.5, 0.6) is 11.5 Å². The first-order valence-corrected chi connectivity index (χ1v) is 9.27. The van der Waals surface area contributed by atoms with E-state index < -0.39 is 23.3 Å². The molecule has 0 bridgehead atoms. The van der Waals surface area contributed by atoms with Crippen molar-refractivity contribution in [1.29, 1.82) is 0 Å². The lowest BCUT2D eigenvalue weighted by atomic mass is 10.1. The molecule has 0 fully saturated rings. The molecule has 0 amide bonds. The van der Waals surface area contributed by atoms with Gasteiger partial charge >= 0.3 is 11.7 Å². The van der Waals surface area contributed by atoms with E-state index in [0.29, 0.717) is 5.02 Å². The highest BCUT2D eigenvalue weighted by atomic mass is 35.5. The number of benzene rings is 3. The predicted octanol–water partition coefficient (Wildman–Crippen LogP) is 5.73. The van der Waals surface area contributed by atoms with Crippen molar-refractivity contribution in [3.05, 3.63) is 98.0 Å². The molecule has 3 aromatic rings. The Balaban J connectivity index is 1.63. The normalized spacial score (nSPS) is 10.3. The number of nitro groups is 1. The van der Waals surface area contributed by atoms with Gasteiger partial charge in [-0.15, -0.1) is 0 Å². The second-order valence-corrected chi connectivity index (χ2v) is 6.88. The van der Waals surface area contributed by atoms with Crippen LogP contribution in [-0.2, 0) is 4.74 Å². The maximum absolute atomic E-state index is 12.2. The van der Waals surface area contributed by atoms with Crippen LogP contribution in [0, 0.1) is 10.1 Å². The Labute approximate surface area is 180 Å². The Morgan fingerprint density at radius 1 is 0.900 bits per heavy atom. The molecule has 0 N–H and O–H groups in total. The van der Waals surface area contributed by atoms with E-state index in [-0.39, 0.29) is 33.3 Å². The van der Waals surface area contributed by atoms with Gasteiger partial charge in [0.2, 0.25) is 5.75 Å². The third-order valence-electron chi connectivity index (χ3n) is 3.92. The molecule has 3 aromatic carbocycles. The van der Waals surface area contributed by atoms with Gasteiger partial charge in [-0.1, -0.05) is 29.3 Å². The SMILES string of the molecule is O=C(COC(=O)c1cccc(Cl)c1)c1ccc(Oc2ccc(Cl)cc2[N+](=O)[O-])cc1. The summed E-state index contributed by atoms with van der Waals surface area (Å²) in [5, 5.41) is 11.7. The predicted molar refractivity (Wildman–Crippen MR) is 111 cm³/mol. The number of ether oxygens (including phenoxy) is 2. The molecule has 0 radical (unpaired) electrons. The first kappa shape index (κ1) is 21.3. The fourth-order valence-electron chi connectivity index (χ4n) is 2.47. The van der Waals surface area contributed by atoms with Gasteiger partial charge in [0.1, 0.15) is 5.75 Å². The number of halogens is 2. The van der Waals surface area contributed by atoms with E-state index in [0.717, 1.165) is 0 Å². The van der Waals surface area contributed by atoms with Gasteiger partial charge in [0, 0.05) is 21.7 Å². The zero-order chi connectivity index (χ0) is 21.7. The average molecular weight is 446 g/mol. The molecule has 30 heavy (non-hydrogen) atoms. The minimum atomic E-state index is -0.666. The van der Waals surface area contributed by atoms with Gasteiger partial charge in [0.15, 0.2) is 12.4 Å². The van der Waals surface area contributed by atoms with Crippen LogP contribution >= 0.6 is 23.2 Å². The van der Waals surface area contributed by atoms with E-state index in [1.807, 2.05) is 0 Å². The third kappa shape index (κ3) is 5.34. The summed E-state index contributed by atoms with van der Waals surface area (Å²) >= 11 is 11.6. The molecule has 0 atom stereocenters. The average Bonchev–Trinajstić information content (AvgIpc) is 2.73. The van der Waals surface area contributed by atoms with E-state index in [2.05, 4.69) is 0 Å². The lowest BCUT2D eigenvalue weighted by Gasteiger charge is -2.08. The van der Waals surface area contributed by atoms with Gasteiger partial charge in [-0.25, -0.2) is 4.79 Å². The number of ketones is 1. The van der Waals surface area contributed by atoms with E-state index in [1.54, 1.807) is 12.1 Å². The summed E-state index contributed by atoms with van der Waals surface area (Å²) in [6.45, 7) is -0.450. The number of carbonyl (C=O) groups excluding carboxylic acids is 2. The van der Waals surface area contributed by atoms with Crippen molar-refractivity contribution in [2.75, 3.05) is 6.61 Å². The van der Waals surface area contributed by atoms with Crippen molar-refractivity contribution < 1.29 is 24.0 Å². The summed E-state index contributed by atoms with van der Waals surface area (Å²) in [4.78, 5) is 34.8. The summed E-state index contributed by atoms with van der Waals surface area (Å²) in [6, 6.07) is 16.1. The van der Waals surface area contributed by atoms with E-state index >= 15 is 0 Å². The Morgan fingerprint density at radius 3 is 2.27 bits per heavy atom. The summed E-state index contributed by atoms with van der Waals surface area (Å²) in [5.74, 6) is -0.790. The van der Waals surface area contributed by atoms with Crippen LogP contribution in [0.1, 0.15) is 20.7 Å². The lowest BCUT2D eigenvalue weighted by molar-refractivity contribution is -0.385. The number of nitro benzene ring substituents is 1. The van der Waals surface area contributed by atoms with Gasteiger partial charge in [0.05, 0.1) is 10.5 Å². The monoisotopic (exact) mass is 445 g/mol. The highest BCUT2D eigenvalue weighted by Gasteiger charge is 2.17. The van der Waals surface area contributed by atoms with Gasteiger partial charge in [-0.2, -0.15) is 0 Å². The molecule has 7 nitrogen and oxygen atoms in total. The number of Topliss-reactive ketones (excluding diaryl/α,β-unsaturated/α-hetero) is 1. The molecule has 0 spiro atoms. The molecule has 152 valence electrons. The number of nitrogens with zero attached hydrogens (tertiary/aromatic N) is 1. The van der Waals surface area contributed by atoms with Crippen LogP contribution in [0.2, 0.25) is 10.0 Å². The maximum Gasteiger partial charge on any atom is 0.338 e. The van der Waals surface area contributed by atoms with Crippen LogP contribution in [0.15, 0.2) is 66.7 Å². The van der Waals surface area contributed by atoms with Crippen LogP contribution < -0.4 is 4.74 Å². The first-order valence-electron chi connectivity index (χ1n) is 8.51. The Kier molecular flexibility index (Phi) is 6.66. The molecular weight excluding hydrogens is 433 g/mol. The summed E-state index contributed by atoms with van der Waals surface area (Å²) in [5.41, 5.74) is 0.242. The highest BCUT2D eigenvalue weighted by Crippen LogP contribution is 2.33. The Bertz CT molecular complexity index is 1110. The number of rotatable bonds is 7. The molecule has 0 aromatic heterocycles. The van der Waals surface area contributed by atoms with Gasteiger partial charge < -0.3 is 9.47 Å². The van der Waals surface area contributed by atoms with Crippen LogP contribution in [-0.4, -0.2) is 23.3 Å². The number of hydrogen-bond donors (Lipinski definition) is 0. The van der Waals surface area contributed by atoms with Crippen molar-refractivity contribution in [1.82, 2.24) is 0 Å². The van der Waals surface area contributed by atoms with Crippen LogP contribution in [0.25, 0.3) is 0 Å². The summed E-state index contributed by atoms with van der Waals surface area (Å²) in [6.07, 6.45) is 0. The zero-order valence-corrected chi connectivity index (χ0v) is 16.7. The lowest BCUT2D eigenvalue weighted by Crippen LogP contribution is -2.14. The van der Waals surface area contributed by atoms with Gasteiger partial charge in [-0.3, -0.25) is 14.9 Å². The fraction of sp³-hybridized carbons (Fsp3) is 0.0476. The quantitative estimate of drug-likeness (QED) is 0.199. The minimum Gasteiger partial charge on any atom is -0.454 e. The Morgan fingerprint density at radius 2 is 1.60 bits per heavy atom. The van der Waals surface area contributed by atoms with Crippen molar-refractivity contribution >= 4 is 40.6 Å². The molecular formula is C21H13Cl2NO6. The summed E-state index contributed by atoms with van der Waals surface area (Å²) < 4.78 is 10.5. The van der Waals surface area contributed by atoms with Gasteiger partial charge in [-0.05, 0) is 54.6 Å². The second-order valence-electron chi connectivity index (χ2n) is 6.01. The molecule has 0 saturated carbocycles. The molecule has 9 heteroatoms. The third-order valence-corrected chi connectivity index (χ3v) is 4.39. The molecule has 0 aliphatic heterocycles. The molecule has 3 rings (SSSR count). The molecule has 0 aliphatic carbocycles.